The zero-order chi connectivity index (χ0) is 17.9. The predicted octanol–water partition coefficient (Wildman–Crippen LogP) is 1.86. The maximum Gasteiger partial charge on any atom is 0.410 e. The Labute approximate surface area is 132 Å². The summed E-state index contributed by atoms with van der Waals surface area (Å²) in [6, 6.07) is -1.89. The second kappa shape index (κ2) is 6.98. The minimum Gasteiger partial charge on any atom is -0.480 e. The number of aliphatic carboxylic acids is 1. The van der Waals surface area contributed by atoms with Crippen molar-refractivity contribution in [3.8, 4) is 0 Å². The van der Waals surface area contributed by atoms with Crippen molar-refractivity contribution in [3.63, 3.8) is 0 Å². The second-order valence-electron chi connectivity index (χ2n) is 7.41. The van der Waals surface area contributed by atoms with E-state index in [1.807, 2.05) is 0 Å². The molecular weight excluding hydrogens is 288 g/mol. The van der Waals surface area contributed by atoms with Gasteiger partial charge in [-0.3, -0.25) is 9.69 Å². The number of nitrogens with zero attached hydrogens (tertiary/aromatic N) is 1. The van der Waals surface area contributed by atoms with Crippen LogP contribution in [0.3, 0.4) is 0 Å². The largest absolute Gasteiger partial charge is 0.480 e. The van der Waals surface area contributed by atoms with E-state index in [4.69, 9.17) is 4.74 Å². The minimum atomic E-state index is -1.12. The normalized spacial score (nSPS) is 14.7. The number of hydrogen-bond donors (Lipinski definition) is 2. The van der Waals surface area contributed by atoms with E-state index in [0.29, 0.717) is 0 Å². The van der Waals surface area contributed by atoms with Crippen molar-refractivity contribution in [3.05, 3.63) is 0 Å². The Kier molecular flexibility index (Phi) is 6.41. The molecule has 22 heavy (non-hydrogen) atoms. The zero-order valence-electron chi connectivity index (χ0n) is 14.7. The van der Waals surface area contributed by atoms with Crippen molar-refractivity contribution in [1.29, 1.82) is 0 Å². The molecule has 7 nitrogen and oxygen atoms in total. The molecule has 0 aliphatic heterocycles. The standard InChI is InChI=1S/C15H28N2O5/c1-9(17(8)13(21)22-15(5,6)7)11(18)16-10(12(19)20)14(2,3)4/h9-10H,1-8H3,(H,16,18)(H,19,20)/t9-,10+/m0/s1. The van der Waals surface area contributed by atoms with E-state index in [-0.39, 0.29) is 0 Å². The monoisotopic (exact) mass is 316 g/mol. The highest BCUT2D eigenvalue weighted by Crippen LogP contribution is 2.20. The summed E-state index contributed by atoms with van der Waals surface area (Å²) in [5.74, 6) is -1.66. The van der Waals surface area contributed by atoms with Gasteiger partial charge in [0, 0.05) is 7.05 Å². The van der Waals surface area contributed by atoms with Crippen molar-refractivity contribution >= 4 is 18.0 Å². The molecule has 0 aromatic rings. The Morgan fingerprint density at radius 3 is 1.86 bits per heavy atom. The maximum absolute atomic E-state index is 12.2. The van der Waals surface area contributed by atoms with Gasteiger partial charge >= 0.3 is 12.1 Å². The lowest BCUT2D eigenvalue weighted by molar-refractivity contribution is -0.145. The van der Waals surface area contributed by atoms with Crippen LogP contribution in [0.2, 0.25) is 0 Å². The summed E-state index contributed by atoms with van der Waals surface area (Å²) in [6.07, 6.45) is -0.641. The number of amides is 2. The van der Waals surface area contributed by atoms with Crippen LogP contribution in [0.4, 0.5) is 4.79 Å². The molecule has 0 aliphatic carbocycles. The summed E-state index contributed by atoms with van der Waals surface area (Å²) in [7, 11) is 1.44. The fraction of sp³-hybridized carbons (Fsp3) is 0.800. The van der Waals surface area contributed by atoms with Crippen LogP contribution in [0.25, 0.3) is 0 Å². The highest BCUT2D eigenvalue weighted by Gasteiger charge is 2.35. The van der Waals surface area contributed by atoms with E-state index in [9.17, 15) is 19.5 Å². The number of carbonyl (C=O) groups excluding carboxylic acids is 2. The lowest BCUT2D eigenvalue weighted by atomic mass is 9.86. The number of ether oxygens (including phenoxy) is 1. The van der Waals surface area contributed by atoms with Gasteiger partial charge in [0.2, 0.25) is 5.91 Å². The first-order chi connectivity index (χ1) is 9.66. The van der Waals surface area contributed by atoms with Crippen LogP contribution in [0.5, 0.6) is 0 Å². The molecule has 0 aromatic carbocycles. The molecule has 0 radical (unpaired) electrons. The molecule has 0 heterocycles. The minimum absolute atomic E-state index is 0.546. The summed E-state index contributed by atoms with van der Waals surface area (Å²) in [4.78, 5) is 36.5. The molecule has 7 heteroatoms. The second-order valence-corrected chi connectivity index (χ2v) is 7.41. The number of nitrogens with one attached hydrogen (secondary N) is 1. The van der Waals surface area contributed by atoms with Gasteiger partial charge in [-0.25, -0.2) is 9.59 Å². The van der Waals surface area contributed by atoms with Crippen molar-refractivity contribution in [2.45, 2.75) is 66.2 Å². The molecule has 2 amide bonds. The number of likely N-dealkylation sites (N-methyl/N-ethyl adjacent to an activating group) is 1. The fourth-order valence-corrected chi connectivity index (χ4v) is 1.58. The van der Waals surface area contributed by atoms with E-state index >= 15 is 0 Å². The van der Waals surface area contributed by atoms with E-state index < -0.39 is 41.1 Å². The van der Waals surface area contributed by atoms with Crippen molar-refractivity contribution in [2.24, 2.45) is 5.41 Å². The quantitative estimate of drug-likeness (QED) is 0.825. The molecule has 2 N–H and O–H groups in total. The van der Waals surface area contributed by atoms with Crippen LogP contribution >= 0.6 is 0 Å². The van der Waals surface area contributed by atoms with E-state index in [2.05, 4.69) is 5.32 Å². The van der Waals surface area contributed by atoms with Gasteiger partial charge in [0.05, 0.1) is 0 Å². The molecule has 0 aromatic heterocycles. The van der Waals surface area contributed by atoms with Crippen LogP contribution in [-0.4, -0.2) is 52.7 Å². The number of carbonyl (C=O) groups is 3. The average Bonchev–Trinajstić information content (AvgIpc) is 2.29. The molecule has 0 aliphatic rings. The summed E-state index contributed by atoms with van der Waals surface area (Å²) in [6.45, 7) is 11.8. The SMILES string of the molecule is C[C@@H](C(=O)N[C@H](C(=O)O)C(C)(C)C)N(C)C(=O)OC(C)(C)C. The maximum atomic E-state index is 12.2. The molecule has 0 fully saturated rings. The number of rotatable bonds is 4. The van der Waals surface area contributed by atoms with E-state index in [1.54, 1.807) is 41.5 Å². The summed E-state index contributed by atoms with van der Waals surface area (Å²) in [5.41, 5.74) is -1.32. The molecule has 0 unspecified atom stereocenters. The molecular formula is C15H28N2O5. The van der Waals surface area contributed by atoms with Gasteiger partial charge in [-0.2, -0.15) is 0 Å². The van der Waals surface area contributed by atoms with Gasteiger partial charge in [0.25, 0.3) is 0 Å². The summed E-state index contributed by atoms with van der Waals surface area (Å²) in [5, 5.41) is 11.7. The van der Waals surface area contributed by atoms with Crippen LogP contribution in [-0.2, 0) is 14.3 Å². The zero-order valence-corrected chi connectivity index (χ0v) is 14.7. The van der Waals surface area contributed by atoms with Crippen molar-refractivity contribution < 1.29 is 24.2 Å². The van der Waals surface area contributed by atoms with Gasteiger partial charge in [-0.1, -0.05) is 20.8 Å². The van der Waals surface area contributed by atoms with Gasteiger partial charge in [-0.15, -0.1) is 0 Å². The first kappa shape index (κ1) is 20.2. The smallest absolute Gasteiger partial charge is 0.410 e. The lowest BCUT2D eigenvalue weighted by Crippen LogP contribution is -2.55. The third kappa shape index (κ3) is 6.32. The number of carboxylic acid groups (broad SMARTS) is 1. The molecule has 0 bridgehead atoms. The number of hydrogen-bond acceptors (Lipinski definition) is 4. The topological polar surface area (TPSA) is 95.9 Å². The first-order valence-electron chi connectivity index (χ1n) is 7.16. The van der Waals surface area contributed by atoms with Gasteiger partial charge < -0.3 is 15.2 Å². The van der Waals surface area contributed by atoms with Crippen molar-refractivity contribution in [2.75, 3.05) is 7.05 Å². The third-order valence-corrected chi connectivity index (χ3v) is 3.04. The Bertz CT molecular complexity index is 434. The molecule has 128 valence electrons. The Morgan fingerprint density at radius 1 is 1.09 bits per heavy atom. The molecule has 2 atom stereocenters. The van der Waals surface area contributed by atoms with E-state index in [0.717, 1.165) is 4.90 Å². The predicted molar refractivity (Wildman–Crippen MR) is 82.5 cm³/mol. The van der Waals surface area contributed by atoms with Gasteiger partial charge in [0.15, 0.2) is 0 Å². The van der Waals surface area contributed by atoms with Crippen LogP contribution in [0.15, 0.2) is 0 Å². The molecule has 0 saturated carbocycles. The summed E-state index contributed by atoms with van der Waals surface area (Å²) < 4.78 is 5.18. The Morgan fingerprint density at radius 2 is 1.55 bits per heavy atom. The van der Waals surface area contributed by atoms with Gasteiger partial charge in [-0.05, 0) is 33.1 Å². The Balaban J connectivity index is 4.92. The average molecular weight is 316 g/mol. The molecule has 0 saturated heterocycles. The van der Waals surface area contributed by atoms with Crippen molar-refractivity contribution in [1.82, 2.24) is 10.2 Å². The lowest BCUT2D eigenvalue weighted by Gasteiger charge is -2.31. The fourth-order valence-electron chi connectivity index (χ4n) is 1.58. The highest BCUT2D eigenvalue weighted by atomic mass is 16.6. The van der Waals surface area contributed by atoms with E-state index in [1.165, 1.54) is 14.0 Å². The van der Waals surface area contributed by atoms with Crippen LogP contribution in [0.1, 0.15) is 48.5 Å². The molecule has 0 rings (SSSR count). The highest BCUT2D eigenvalue weighted by molar-refractivity contribution is 5.89. The van der Waals surface area contributed by atoms with Crippen LogP contribution in [0, 0.1) is 5.41 Å². The first-order valence-corrected chi connectivity index (χ1v) is 7.16. The third-order valence-electron chi connectivity index (χ3n) is 3.04. The number of carboxylic acids is 1. The molecule has 0 spiro atoms. The Hall–Kier alpha value is -1.79. The van der Waals surface area contributed by atoms with Gasteiger partial charge in [0.1, 0.15) is 17.7 Å². The summed E-state index contributed by atoms with van der Waals surface area (Å²) >= 11 is 0. The van der Waals surface area contributed by atoms with Crippen LogP contribution < -0.4 is 5.32 Å².